The lowest BCUT2D eigenvalue weighted by Crippen LogP contribution is -2.50. The third-order valence-electron chi connectivity index (χ3n) is 6.90. The van der Waals surface area contributed by atoms with Crippen LogP contribution in [-0.4, -0.2) is 79.5 Å². The van der Waals surface area contributed by atoms with E-state index in [1.165, 1.54) is 30.0 Å². The Hall–Kier alpha value is -3.58. The number of carbonyl (C=O) groups excluding carboxylic acids is 3. The number of piperidine rings is 1. The van der Waals surface area contributed by atoms with Gasteiger partial charge in [-0.15, -0.1) is 0 Å². The number of halogens is 1. The number of anilines is 2. The van der Waals surface area contributed by atoms with Gasteiger partial charge in [-0.3, -0.25) is 29.5 Å². The lowest BCUT2D eigenvalue weighted by Gasteiger charge is -2.42. The summed E-state index contributed by atoms with van der Waals surface area (Å²) in [6.07, 6.45) is -0.385. The van der Waals surface area contributed by atoms with Crippen LogP contribution in [-0.2, 0) is 9.53 Å². The lowest BCUT2D eigenvalue weighted by molar-refractivity contribution is -0.380. The molecule has 2 unspecified atom stereocenters. The van der Waals surface area contributed by atoms with Crippen molar-refractivity contribution in [3.8, 4) is 0 Å². The average Bonchev–Trinajstić information content (AvgIpc) is 3.50. The maximum atomic E-state index is 15.2. The molecule has 3 atom stereocenters. The Morgan fingerprint density at radius 2 is 2.05 bits per heavy atom. The summed E-state index contributed by atoms with van der Waals surface area (Å²) in [4.78, 5) is 52.1. The molecule has 1 aromatic heterocycles. The van der Waals surface area contributed by atoms with Gasteiger partial charge < -0.3 is 15.0 Å². The van der Waals surface area contributed by atoms with Gasteiger partial charge in [-0.25, -0.2) is 9.18 Å². The number of ketones is 1. The Morgan fingerprint density at radius 1 is 1.29 bits per heavy atom. The minimum Gasteiger partial charge on any atom is -0.442 e. The van der Waals surface area contributed by atoms with Crippen LogP contribution in [0.2, 0.25) is 0 Å². The number of carbonyl (C=O) groups is 3. The minimum absolute atomic E-state index is 0.0582. The minimum atomic E-state index is -0.586. The normalized spacial score (nSPS) is 21.5. The fraction of sp³-hybridized carbons (Fsp3) is 0.480. The predicted molar refractivity (Wildman–Crippen MR) is 140 cm³/mol. The van der Waals surface area contributed by atoms with E-state index in [-0.39, 0.29) is 48.3 Å². The largest absolute Gasteiger partial charge is 0.442 e. The molecule has 2 fully saturated rings. The zero-order valence-corrected chi connectivity index (χ0v) is 22.2. The van der Waals surface area contributed by atoms with Crippen LogP contribution in [0.3, 0.4) is 0 Å². The van der Waals surface area contributed by atoms with Crippen molar-refractivity contribution in [3.05, 3.63) is 51.1 Å². The van der Waals surface area contributed by atoms with Gasteiger partial charge in [0.05, 0.1) is 40.8 Å². The van der Waals surface area contributed by atoms with Crippen LogP contribution < -0.4 is 15.1 Å². The number of amides is 2. The molecule has 38 heavy (non-hydrogen) atoms. The molecule has 0 spiro atoms. The van der Waals surface area contributed by atoms with Crippen molar-refractivity contribution in [2.75, 3.05) is 49.6 Å². The molecule has 0 saturated carbocycles. The number of cyclic esters (lactones) is 1. The summed E-state index contributed by atoms with van der Waals surface area (Å²) < 4.78 is 20.5. The Kier molecular flexibility index (Phi) is 8.26. The predicted octanol–water partition coefficient (Wildman–Crippen LogP) is 3.29. The molecule has 1 aromatic carbocycles. The van der Waals surface area contributed by atoms with E-state index in [1.807, 2.05) is 16.8 Å². The number of Topliss-reactive ketones (excluding diaryl/α,β-unsaturated/α-hetero) is 1. The van der Waals surface area contributed by atoms with Crippen LogP contribution in [0.15, 0.2) is 30.3 Å². The van der Waals surface area contributed by atoms with Gasteiger partial charge >= 0.3 is 11.1 Å². The summed E-state index contributed by atoms with van der Waals surface area (Å²) in [5, 5.41) is 13.5. The first-order chi connectivity index (χ1) is 18.0. The van der Waals surface area contributed by atoms with Gasteiger partial charge in [0.25, 0.3) is 0 Å². The van der Waals surface area contributed by atoms with Gasteiger partial charge in [-0.1, -0.05) is 18.3 Å². The first-order valence-corrected chi connectivity index (χ1v) is 13.1. The van der Waals surface area contributed by atoms with Crippen LogP contribution in [0.5, 0.6) is 0 Å². The highest BCUT2D eigenvalue weighted by Gasteiger charge is 2.34. The van der Waals surface area contributed by atoms with Crippen molar-refractivity contribution in [3.63, 3.8) is 0 Å². The molecule has 2 aliphatic heterocycles. The lowest BCUT2D eigenvalue weighted by atomic mass is 9.92. The number of nitrogens with one attached hydrogen (secondary N) is 1. The van der Waals surface area contributed by atoms with E-state index in [9.17, 15) is 24.5 Å². The zero-order chi connectivity index (χ0) is 27.6. The van der Waals surface area contributed by atoms with E-state index in [1.54, 1.807) is 12.1 Å². The van der Waals surface area contributed by atoms with Gasteiger partial charge in [0.15, 0.2) is 5.78 Å². The molecule has 204 valence electrons. The zero-order valence-electron chi connectivity index (χ0n) is 21.4. The third-order valence-corrected chi connectivity index (χ3v) is 7.98. The molecule has 2 saturated heterocycles. The number of nitro groups is 1. The topological polar surface area (TPSA) is 125 Å². The Morgan fingerprint density at radius 3 is 2.68 bits per heavy atom. The van der Waals surface area contributed by atoms with Gasteiger partial charge in [0.1, 0.15) is 11.9 Å². The highest BCUT2D eigenvalue weighted by Crippen LogP contribution is 2.32. The van der Waals surface area contributed by atoms with Crippen molar-refractivity contribution in [2.24, 2.45) is 5.92 Å². The van der Waals surface area contributed by atoms with E-state index in [0.717, 1.165) is 11.3 Å². The molecule has 0 radical (unpaired) electrons. The van der Waals surface area contributed by atoms with E-state index in [4.69, 9.17) is 4.74 Å². The standard InChI is InChI=1S/C25H30FN5O6S/c1-15-12-29(9-8-20(15)28(3)14-22(33)23-6-7-24(38-23)31(35)36)21-5-4-17(10-19(21)26)30-13-18(37-25(30)34)11-27-16(2)32/h4-7,10,15,18,20H,8-9,11-14H2,1-3H3,(H,27,32)/t15?,18-,20?/m0/s1. The monoisotopic (exact) mass is 547 g/mol. The molecule has 2 amide bonds. The van der Waals surface area contributed by atoms with Gasteiger partial charge in [-0.2, -0.15) is 0 Å². The van der Waals surface area contributed by atoms with Crippen LogP contribution in [0.4, 0.5) is 25.6 Å². The molecule has 13 heteroatoms. The molecule has 0 aliphatic carbocycles. The highest BCUT2D eigenvalue weighted by atomic mass is 32.1. The molecule has 2 aliphatic rings. The van der Waals surface area contributed by atoms with Crippen molar-refractivity contribution in [2.45, 2.75) is 32.4 Å². The summed E-state index contributed by atoms with van der Waals surface area (Å²) in [7, 11) is 1.86. The molecule has 0 bridgehead atoms. The summed E-state index contributed by atoms with van der Waals surface area (Å²) >= 11 is 0.877. The summed E-state index contributed by atoms with van der Waals surface area (Å²) in [6.45, 7) is 5.14. The third kappa shape index (κ3) is 6.10. The van der Waals surface area contributed by atoms with E-state index < -0.39 is 22.9 Å². The van der Waals surface area contributed by atoms with Crippen molar-refractivity contribution < 1.29 is 28.4 Å². The molecular weight excluding hydrogens is 517 g/mol. The van der Waals surface area contributed by atoms with E-state index in [2.05, 4.69) is 12.2 Å². The van der Waals surface area contributed by atoms with Gasteiger partial charge in [0, 0.05) is 32.1 Å². The average molecular weight is 548 g/mol. The molecule has 4 rings (SSSR count). The molecule has 3 heterocycles. The molecule has 2 aromatic rings. The van der Waals surface area contributed by atoms with Crippen LogP contribution >= 0.6 is 11.3 Å². The van der Waals surface area contributed by atoms with Crippen LogP contribution in [0.1, 0.15) is 29.9 Å². The van der Waals surface area contributed by atoms with Crippen molar-refractivity contribution >= 4 is 45.5 Å². The number of hydrogen-bond donors (Lipinski definition) is 1. The highest BCUT2D eigenvalue weighted by molar-refractivity contribution is 7.17. The van der Waals surface area contributed by atoms with Gasteiger partial charge in [-0.05, 0) is 43.7 Å². The second kappa shape index (κ2) is 11.4. The summed E-state index contributed by atoms with van der Waals surface area (Å²) in [5.41, 5.74) is 0.822. The number of likely N-dealkylation sites (N-methyl/N-ethyl adjacent to an activating group) is 1. The number of rotatable bonds is 9. The molecular formula is C25H30FN5O6S. The van der Waals surface area contributed by atoms with Crippen LogP contribution in [0.25, 0.3) is 0 Å². The second-order valence-corrected chi connectivity index (χ2v) is 10.8. The number of nitrogens with zero attached hydrogens (tertiary/aromatic N) is 4. The van der Waals surface area contributed by atoms with E-state index >= 15 is 4.39 Å². The second-order valence-electron chi connectivity index (χ2n) is 9.70. The smallest absolute Gasteiger partial charge is 0.414 e. The first kappa shape index (κ1) is 27.5. The quantitative estimate of drug-likeness (QED) is 0.288. The SMILES string of the molecule is CC(=O)NC[C@H]1CN(c2ccc(N3CCC(N(C)CC(=O)c4ccc([N+](=O)[O-])s4)C(C)C3)c(F)c2)C(=O)O1. The number of ether oxygens (including phenoxy) is 1. The first-order valence-electron chi connectivity index (χ1n) is 12.3. The summed E-state index contributed by atoms with van der Waals surface area (Å²) in [6, 6.07) is 7.58. The Labute approximate surface area is 223 Å². The van der Waals surface area contributed by atoms with Crippen LogP contribution in [0, 0.1) is 21.8 Å². The summed E-state index contributed by atoms with van der Waals surface area (Å²) in [5.74, 6) is -0.712. The Balaban J connectivity index is 1.35. The van der Waals surface area contributed by atoms with Crippen molar-refractivity contribution in [1.82, 2.24) is 10.2 Å². The molecule has 1 N–H and O–H groups in total. The fourth-order valence-electron chi connectivity index (χ4n) is 5.02. The number of thiophene rings is 1. The number of hydrogen-bond acceptors (Lipinski definition) is 9. The number of benzene rings is 1. The van der Waals surface area contributed by atoms with Gasteiger partial charge in [0.2, 0.25) is 5.91 Å². The van der Waals surface area contributed by atoms with E-state index in [0.29, 0.717) is 35.8 Å². The maximum Gasteiger partial charge on any atom is 0.414 e. The fourth-order valence-corrected chi connectivity index (χ4v) is 5.77. The maximum absolute atomic E-state index is 15.2. The molecule has 11 nitrogen and oxygen atoms in total. The van der Waals surface area contributed by atoms with Crippen molar-refractivity contribution in [1.29, 1.82) is 0 Å². The Bertz CT molecular complexity index is 1240.